The van der Waals surface area contributed by atoms with Gasteiger partial charge in [-0.05, 0) is 155 Å². The molecule has 3 aromatic heterocycles. The van der Waals surface area contributed by atoms with Crippen molar-refractivity contribution < 1.29 is 0 Å². The molecular formula is C97H70BrN3Si2. The first-order chi connectivity index (χ1) is 51.0. The molecule has 0 bridgehead atoms. The van der Waals surface area contributed by atoms with E-state index in [2.05, 4.69) is 442 Å². The van der Waals surface area contributed by atoms with E-state index in [-0.39, 0.29) is 0 Å². The zero-order valence-corrected chi connectivity index (χ0v) is 60.3. The maximum absolute atomic E-state index is 3.69. The van der Waals surface area contributed by atoms with Gasteiger partial charge in [-0.1, -0.05) is 344 Å². The Morgan fingerprint density at radius 1 is 0.194 bits per heavy atom. The predicted octanol–water partition coefficient (Wildman–Crippen LogP) is 19.4. The Morgan fingerprint density at radius 2 is 0.485 bits per heavy atom. The molecule has 0 amide bonds. The molecule has 0 atom stereocenters. The van der Waals surface area contributed by atoms with E-state index >= 15 is 0 Å². The summed E-state index contributed by atoms with van der Waals surface area (Å²) in [7, 11) is -5.05. The van der Waals surface area contributed by atoms with E-state index in [1.807, 2.05) is 0 Å². The molecule has 1 aliphatic rings. The minimum Gasteiger partial charge on any atom is -0.309 e. The summed E-state index contributed by atoms with van der Waals surface area (Å²) in [6.07, 6.45) is 1.04. The van der Waals surface area contributed by atoms with Crippen LogP contribution >= 0.6 is 15.9 Å². The van der Waals surface area contributed by atoms with Crippen LogP contribution in [0.15, 0.2) is 417 Å². The van der Waals surface area contributed by atoms with Crippen molar-refractivity contribution in [2.45, 2.75) is 6.42 Å². The standard InChI is InChI=1S/C48H34N2Si.C25H17N.C24H19BrSi/c1-4-18-37(19-5-1)51(38-20-6-2-7-21-38,39-22-8-3-9-23-39)40-24-16-17-35(33-40)49-47-30-15-12-27-43(47)44-34-36(31-32-48(44)49)50-45-28-13-10-25-41(45)42-26-11-14-29-46(42)50;1-2-8-20-17(7-1)15-18-13-14-19(16-23(18)20)26-24-11-5-3-9-21(24)22-10-4-6-12-25(22)26;25-20-11-10-18-24(19-20)26(21-12-4-1-5-13-21,22-14-6-2-7-15-22)23-16-8-3-9-17-23/h1-34H;1-14,16H,15H2;1-19H. The molecule has 0 fully saturated rings. The van der Waals surface area contributed by atoms with E-state index in [0.717, 1.165) is 10.9 Å². The summed E-state index contributed by atoms with van der Waals surface area (Å²) in [6, 6.07) is 151. The zero-order chi connectivity index (χ0) is 68.7. The maximum Gasteiger partial charge on any atom is 0.179 e. The van der Waals surface area contributed by atoms with E-state index < -0.39 is 16.1 Å². The molecule has 19 aromatic rings. The SMILES string of the molecule is Brc1cccc([Si](c2ccccc2)(c2ccccc2)c2ccccc2)c1.c1ccc([Si](c2ccccc2)(c2ccccc2)c2cccc(-n3c4ccccc4c4cc(-n5c6ccccc6c6ccccc65)ccc43)c2)cc1.c1ccc2c(c1)Cc1ccc(-n3c4ccccc4c4ccccc43)cc1-2. The van der Waals surface area contributed by atoms with Gasteiger partial charge < -0.3 is 13.7 Å². The first-order valence-corrected chi connectivity index (χ1v) is 40.2. The average Bonchev–Trinajstić information content (AvgIpc) is 1.64. The van der Waals surface area contributed by atoms with Crippen LogP contribution in [0.4, 0.5) is 0 Å². The largest absolute Gasteiger partial charge is 0.309 e. The van der Waals surface area contributed by atoms with Gasteiger partial charge in [0.2, 0.25) is 0 Å². The molecule has 488 valence electrons. The average molecular weight is 1410 g/mol. The van der Waals surface area contributed by atoms with Crippen molar-refractivity contribution in [3.8, 4) is 28.2 Å². The highest BCUT2D eigenvalue weighted by Crippen LogP contribution is 2.41. The molecule has 20 rings (SSSR count). The van der Waals surface area contributed by atoms with Gasteiger partial charge in [0.1, 0.15) is 0 Å². The third-order valence-electron chi connectivity index (χ3n) is 21.2. The number of rotatable bonds is 11. The van der Waals surface area contributed by atoms with Crippen molar-refractivity contribution in [1.82, 2.24) is 13.7 Å². The van der Waals surface area contributed by atoms with Crippen LogP contribution in [-0.2, 0) is 6.42 Å². The molecule has 0 aliphatic heterocycles. The molecular weight excluding hydrogens is 1340 g/mol. The summed E-state index contributed by atoms with van der Waals surface area (Å²) >= 11 is 3.69. The van der Waals surface area contributed by atoms with Gasteiger partial charge in [0.25, 0.3) is 0 Å². The maximum atomic E-state index is 3.69. The first kappa shape index (κ1) is 63.0. The summed E-state index contributed by atoms with van der Waals surface area (Å²) in [5, 5.41) is 18.7. The quantitative estimate of drug-likeness (QED) is 0.0906. The molecule has 16 aromatic carbocycles. The smallest absolute Gasteiger partial charge is 0.179 e. The number of hydrogen-bond donors (Lipinski definition) is 0. The molecule has 0 unspecified atom stereocenters. The second kappa shape index (κ2) is 27.1. The van der Waals surface area contributed by atoms with Crippen LogP contribution in [0.5, 0.6) is 0 Å². The fourth-order valence-corrected chi connectivity index (χ4v) is 27.0. The van der Waals surface area contributed by atoms with Crippen LogP contribution in [0.1, 0.15) is 11.1 Å². The number of fused-ring (bicyclic) bond motifs is 12. The molecule has 1 aliphatic carbocycles. The van der Waals surface area contributed by atoms with Crippen LogP contribution in [0.2, 0.25) is 0 Å². The minimum absolute atomic E-state index is 1.04. The van der Waals surface area contributed by atoms with Crippen LogP contribution < -0.4 is 41.5 Å². The highest BCUT2D eigenvalue weighted by atomic mass is 79.9. The summed E-state index contributed by atoms with van der Waals surface area (Å²) < 4.78 is 8.39. The number of nitrogens with zero attached hydrogens (tertiary/aromatic N) is 3. The number of hydrogen-bond acceptors (Lipinski definition) is 0. The van der Waals surface area contributed by atoms with E-state index in [1.54, 1.807) is 0 Å². The zero-order valence-electron chi connectivity index (χ0n) is 56.7. The van der Waals surface area contributed by atoms with Crippen molar-refractivity contribution in [2.75, 3.05) is 0 Å². The molecule has 103 heavy (non-hydrogen) atoms. The van der Waals surface area contributed by atoms with Gasteiger partial charge in [-0.25, -0.2) is 0 Å². The molecule has 3 heterocycles. The van der Waals surface area contributed by atoms with Crippen molar-refractivity contribution in [2.24, 2.45) is 0 Å². The van der Waals surface area contributed by atoms with Crippen molar-refractivity contribution in [1.29, 1.82) is 0 Å². The summed E-state index contributed by atoms with van der Waals surface area (Å²) in [5.41, 5.74) is 16.6. The Kier molecular flexibility index (Phi) is 16.6. The molecule has 0 radical (unpaired) electrons. The Morgan fingerprint density at radius 3 is 0.893 bits per heavy atom. The fourth-order valence-electron chi connectivity index (χ4n) is 16.8. The molecule has 0 spiro atoms. The Balaban J connectivity index is 0.000000122. The fraction of sp³-hybridized carbons (Fsp3) is 0.0103. The minimum atomic E-state index is -2.69. The van der Waals surface area contributed by atoms with E-state index in [9.17, 15) is 0 Å². The van der Waals surface area contributed by atoms with Gasteiger partial charge in [0.05, 0.1) is 33.1 Å². The number of aromatic nitrogens is 3. The van der Waals surface area contributed by atoms with Gasteiger partial charge in [0.15, 0.2) is 16.1 Å². The first-order valence-electron chi connectivity index (χ1n) is 35.5. The van der Waals surface area contributed by atoms with Gasteiger partial charge in [-0.15, -0.1) is 0 Å². The number of benzene rings is 16. The van der Waals surface area contributed by atoms with Crippen LogP contribution in [0, 0.1) is 0 Å². The monoisotopic (exact) mass is 1410 g/mol. The molecule has 6 heteroatoms. The third-order valence-corrected chi connectivity index (χ3v) is 31.2. The lowest BCUT2D eigenvalue weighted by Crippen LogP contribution is -2.74. The van der Waals surface area contributed by atoms with Crippen molar-refractivity contribution in [3.63, 3.8) is 0 Å². The normalized spacial score (nSPS) is 11.9. The lowest BCUT2D eigenvalue weighted by Gasteiger charge is -2.34. The molecule has 0 saturated heterocycles. The summed E-state index contributed by atoms with van der Waals surface area (Å²) in [6.45, 7) is 0. The van der Waals surface area contributed by atoms with Gasteiger partial charge in [-0.2, -0.15) is 0 Å². The highest BCUT2D eigenvalue weighted by molar-refractivity contribution is 9.10. The second-order valence-corrected chi connectivity index (χ2v) is 35.3. The van der Waals surface area contributed by atoms with Crippen LogP contribution in [-0.4, -0.2) is 29.8 Å². The van der Waals surface area contributed by atoms with Crippen LogP contribution in [0.25, 0.3) is 93.6 Å². The summed E-state index contributed by atoms with van der Waals surface area (Å²) in [4.78, 5) is 0. The van der Waals surface area contributed by atoms with Gasteiger partial charge >= 0.3 is 0 Å². The molecule has 3 nitrogen and oxygen atoms in total. The lowest BCUT2D eigenvalue weighted by molar-refractivity contribution is 1.17. The van der Waals surface area contributed by atoms with E-state index in [0.29, 0.717) is 0 Å². The highest BCUT2D eigenvalue weighted by Gasteiger charge is 2.43. The van der Waals surface area contributed by atoms with Crippen LogP contribution in [0.3, 0.4) is 0 Å². The van der Waals surface area contributed by atoms with E-state index in [4.69, 9.17) is 0 Å². The predicted molar refractivity (Wildman–Crippen MR) is 446 cm³/mol. The van der Waals surface area contributed by atoms with Crippen molar-refractivity contribution in [3.05, 3.63) is 428 Å². The molecule has 0 N–H and O–H groups in total. The van der Waals surface area contributed by atoms with E-state index in [1.165, 1.54) is 146 Å². The number of halogens is 1. The summed E-state index contributed by atoms with van der Waals surface area (Å²) in [5.74, 6) is 0. The number of para-hydroxylation sites is 5. The van der Waals surface area contributed by atoms with Gasteiger partial charge in [-0.3, -0.25) is 0 Å². The Bertz CT molecular complexity index is 5990. The molecule has 0 saturated carbocycles. The second-order valence-electron chi connectivity index (χ2n) is 26.7. The topological polar surface area (TPSA) is 14.8 Å². The Hall–Kier alpha value is -12.2. The third kappa shape index (κ3) is 10.9. The van der Waals surface area contributed by atoms with Gasteiger partial charge in [0, 0.05) is 53.9 Å². The van der Waals surface area contributed by atoms with Crippen molar-refractivity contribution >= 4 is 139 Å². The Labute approximate surface area is 610 Å². The lowest BCUT2D eigenvalue weighted by atomic mass is 10.1.